The van der Waals surface area contributed by atoms with Gasteiger partial charge in [0, 0.05) is 13.1 Å². The number of nitrogens with one attached hydrogen (secondary N) is 1. The average molecular weight is 291 g/mol. The number of benzene rings is 1. The maximum atomic E-state index is 12.1. The lowest BCUT2D eigenvalue weighted by atomic mass is 10.2. The molecular formula is C14H17N3O4. The highest BCUT2D eigenvalue weighted by Gasteiger charge is 2.18. The van der Waals surface area contributed by atoms with Crippen LogP contribution in [0.3, 0.4) is 0 Å². The van der Waals surface area contributed by atoms with Gasteiger partial charge in [-0.05, 0) is 25.1 Å². The highest BCUT2D eigenvalue weighted by Crippen LogP contribution is 2.26. The fourth-order valence-electron chi connectivity index (χ4n) is 1.61. The van der Waals surface area contributed by atoms with Crippen LogP contribution in [0.1, 0.15) is 23.7 Å². The number of ether oxygens (including phenoxy) is 1. The molecule has 0 fully saturated rings. The van der Waals surface area contributed by atoms with E-state index < -0.39 is 12.0 Å². The van der Waals surface area contributed by atoms with Gasteiger partial charge >= 0.3 is 12.0 Å². The van der Waals surface area contributed by atoms with Gasteiger partial charge in [-0.15, -0.1) is 0 Å². The van der Waals surface area contributed by atoms with Crippen molar-refractivity contribution in [3.8, 4) is 11.8 Å². The first-order valence-corrected chi connectivity index (χ1v) is 6.22. The number of methoxy groups -OCH3 is 1. The number of carboxylic acids is 1. The fourth-order valence-corrected chi connectivity index (χ4v) is 1.61. The molecule has 1 atom stereocenters. The standard InChI is InChI=1S/C14H17N3O4/c1-9(6-7-15)17(2)14(20)16-11-8-10(13(18)19)4-5-12(11)21-3/h4-5,8-9H,6H2,1-3H3,(H,16,20)(H,18,19). The predicted molar refractivity (Wildman–Crippen MR) is 76.4 cm³/mol. The Kier molecular flexibility index (Phi) is 5.55. The molecule has 0 aliphatic carbocycles. The molecule has 0 aliphatic rings. The van der Waals surface area contributed by atoms with E-state index in [1.807, 2.05) is 6.07 Å². The fraction of sp³-hybridized carbons (Fsp3) is 0.357. The minimum Gasteiger partial charge on any atom is -0.495 e. The Morgan fingerprint density at radius 3 is 2.71 bits per heavy atom. The number of amides is 2. The lowest BCUT2D eigenvalue weighted by Crippen LogP contribution is -2.38. The topological polar surface area (TPSA) is 103 Å². The molecule has 1 rings (SSSR count). The molecule has 0 radical (unpaired) electrons. The van der Waals surface area contributed by atoms with Gasteiger partial charge in [0.05, 0.1) is 30.9 Å². The van der Waals surface area contributed by atoms with Crippen molar-refractivity contribution in [2.45, 2.75) is 19.4 Å². The third-order valence-electron chi connectivity index (χ3n) is 3.06. The lowest BCUT2D eigenvalue weighted by molar-refractivity contribution is 0.0697. The van der Waals surface area contributed by atoms with Crippen LogP contribution in [-0.4, -0.2) is 42.2 Å². The van der Waals surface area contributed by atoms with Gasteiger partial charge < -0.3 is 20.1 Å². The largest absolute Gasteiger partial charge is 0.495 e. The minimum absolute atomic E-state index is 0.0406. The van der Waals surface area contributed by atoms with E-state index in [1.165, 1.54) is 30.2 Å². The van der Waals surface area contributed by atoms with Crippen LogP contribution in [0.5, 0.6) is 5.75 Å². The van der Waals surface area contributed by atoms with Gasteiger partial charge in [-0.3, -0.25) is 0 Å². The van der Waals surface area contributed by atoms with E-state index in [2.05, 4.69) is 5.32 Å². The molecule has 2 N–H and O–H groups in total. The van der Waals surface area contributed by atoms with Gasteiger partial charge in [0.1, 0.15) is 5.75 Å². The smallest absolute Gasteiger partial charge is 0.335 e. The Balaban J connectivity index is 2.95. The molecule has 7 nitrogen and oxygen atoms in total. The molecule has 0 saturated carbocycles. The maximum Gasteiger partial charge on any atom is 0.335 e. The van der Waals surface area contributed by atoms with Gasteiger partial charge in [-0.1, -0.05) is 0 Å². The number of hydrogen-bond donors (Lipinski definition) is 2. The van der Waals surface area contributed by atoms with E-state index in [4.69, 9.17) is 15.1 Å². The molecule has 1 aromatic rings. The number of hydrogen-bond acceptors (Lipinski definition) is 4. The van der Waals surface area contributed by atoms with E-state index in [0.29, 0.717) is 5.75 Å². The van der Waals surface area contributed by atoms with Crippen molar-refractivity contribution in [1.82, 2.24) is 4.90 Å². The lowest BCUT2D eigenvalue weighted by Gasteiger charge is -2.23. The molecule has 0 aliphatic heterocycles. The molecule has 0 heterocycles. The van der Waals surface area contributed by atoms with E-state index in [0.717, 1.165) is 0 Å². The summed E-state index contributed by atoms with van der Waals surface area (Å²) in [6.45, 7) is 1.74. The van der Waals surface area contributed by atoms with Crippen LogP contribution in [0.4, 0.5) is 10.5 Å². The number of urea groups is 1. The monoisotopic (exact) mass is 291 g/mol. The molecule has 112 valence electrons. The van der Waals surface area contributed by atoms with Crippen molar-refractivity contribution >= 4 is 17.7 Å². The zero-order valence-electron chi connectivity index (χ0n) is 12.1. The average Bonchev–Trinajstić information content (AvgIpc) is 2.46. The molecule has 0 spiro atoms. The first-order valence-electron chi connectivity index (χ1n) is 6.22. The second kappa shape index (κ2) is 7.14. The molecule has 1 unspecified atom stereocenters. The Labute approximate surface area is 122 Å². The molecular weight excluding hydrogens is 274 g/mol. The van der Waals surface area contributed by atoms with Gasteiger partial charge in [0.2, 0.25) is 0 Å². The van der Waals surface area contributed by atoms with Crippen molar-refractivity contribution in [1.29, 1.82) is 5.26 Å². The first-order chi connectivity index (χ1) is 9.90. The van der Waals surface area contributed by atoms with Gasteiger partial charge in [-0.25, -0.2) is 9.59 Å². The summed E-state index contributed by atoms with van der Waals surface area (Å²) in [5.41, 5.74) is 0.303. The summed E-state index contributed by atoms with van der Waals surface area (Å²) in [6, 6.07) is 5.46. The number of carbonyl (C=O) groups excluding carboxylic acids is 1. The normalized spacial score (nSPS) is 11.1. The van der Waals surface area contributed by atoms with Crippen molar-refractivity contribution in [3.05, 3.63) is 23.8 Å². The van der Waals surface area contributed by atoms with Crippen molar-refractivity contribution < 1.29 is 19.4 Å². The summed E-state index contributed by atoms with van der Waals surface area (Å²) in [4.78, 5) is 24.4. The van der Waals surface area contributed by atoms with E-state index in [1.54, 1.807) is 14.0 Å². The van der Waals surface area contributed by atoms with Gasteiger partial charge in [0.25, 0.3) is 0 Å². The highest BCUT2D eigenvalue weighted by molar-refractivity contribution is 5.94. The molecule has 0 bridgehead atoms. The molecule has 2 amide bonds. The van der Waals surface area contributed by atoms with Gasteiger partial charge in [-0.2, -0.15) is 5.26 Å². The molecule has 21 heavy (non-hydrogen) atoms. The second-order valence-electron chi connectivity index (χ2n) is 4.47. The van der Waals surface area contributed by atoms with E-state index >= 15 is 0 Å². The predicted octanol–water partition coefficient (Wildman–Crippen LogP) is 2.16. The van der Waals surface area contributed by atoms with Gasteiger partial charge in [0.15, 0.2) is 0 Å². The summed E-state index contributed by atoms with van der Waals surface area (Å²) >= 11 is 0. The summed E-state index contributed by atoms with van der Waals surface area (Å²) in [5.74, 6) is -0.742. The Morgan fingerprint density at radius 2 is 2.19 bits per heavy atom. The first kappa shape index (κ1) is 16.3. The SMILES string of the molecule is COc1ccc(C(=O)O)cc1NC(=O)N(C)C(C)CC#N. The number of carboxylic acid groups (broad SMARTS) is 1. The highest BCUT2D eigenvalue weighted by atomic mass is 16.5. The van der Waals surface area contributed by atoms with Crippen LogP contribution in [0.15, 0.2) is 18.2 Å². The molecule has 0 aromatic heterocycles. The summed E-state index contributed by atoms with van der Waals surface area (Å²) in [6.07, 6.45) is 0.205. The third-order valence-corrected chi connectivity index (χ3v) is 3.06. The number of aromatic carboxylic acids is 1. The molecule has 7 heteroatoms. The van der Waals surface area contributed by atoms with Crippen molar-refractivity contribution in [2.75, 3.05) is 19.5 Å². The Hall–Kier alpha value is -2.75. The second-order valence-corrected chi connectivity index (χ2v) is 4.47. The number of carbonyl (C=O) groups is 2. The van der Waals surface area contributed by atoms with Crippen molar-refractivity contribution in [2.24, 2.45) is 0 Å². The number of nitrogens with zero attached hydrogens (tertiary/aromatic N) is 2. The van der Waals surface area contributed by atoms with Crippen LogP contribution in [-0.2, 0) is 0 Å². The summed E-state index contributed by atoms with van der Waals surface area (Å²) < 4.78 is 5.09. The van der Waals surface area contributed by atoms with Crippen LogP contribution in [0.25, 0.3) is 0 Å². The van der Waals surface area contributed by atoms with Crippen LogP contribution in [0.2, 0.25) is 0 Å². The van der Waals surface area contributed by atoms with E-state index in [9.17, 15) is 9.59 Å². The van der Waals surface area contributed by atoms with Crippen LogP contribution >= 0.6 is 0 Å². The molecule has 1 aromatic carbocycles. The zero-order valence-corrected chi connectivity index (χ0v) is 12.1. The summed E-state index contributed by atoms with van der Waals surface area (Å²) in [5, 5.41) is 20.2. The number of rotatable bonds is 5. The molecule has 0 saturated heterocycles. The van der Waals surface area contributed by atoms with Crippen molar-refractivity contribution in [3.63, 3.8) is 0 Å². The van der Waals surface area contributed by atoms with Crippen LogP contribution in [0, 0.1) is 11.3 Å². The zero-order chi connectivity index (χ0) is 16.0. The van der Waals surface area contributed by atoms with Crippen LogP contribution < -0.4 is 10.1 Å². The third kappa shape index (κ3) is 4.11. The number of anilines is 1. The summed E-state index contributed by atoms with van der Waals surface area (Å²) in [7, 11) is 2.98. The quantitative estimate of drug-likeness (QED) is 0.865. The Morgan fingerprint density at radius 1 is 1.52 bits per heavy atom. The number of nitriles is 1. The Bertz CT molecular complexity index is 580. The maximum absolute atomic E-state index is 12.1. The minimum atomic E-state index is -1.10. The van der Waals surface area contributed by atoms with E-state index in [-0.39, 0.29) is 23.7 Å².